The van der Waals surface area contributed by atoms with E-state index < -0.39 is 12.7 Å². The van der Waals surface area contributed by atoms with Gasteiger partial charge in [-0.25, -0.2) is 0 Å². The summed E-state index contributed by atoms with van der Waals surface area (Å²) in [4.78, 5) is 3.77. The van der Waals surface area contributed by atoms with E-state index in [-0.39, 0.29) is 0 Å². The Labute approximate surface area is 116 Å². The van der Waals surface area contributed by atoms with Crippen molar-refractivity contribution in [2.45, 2.75) is 20.0 Å². The third-order valence-electron chi connectivity index (χ3n) is 3.50. The first-order chi connectivity index (χ1) is 8.31. The van der Waals surface area contributed by atoms with Crippen LogP contribution in [0.15, 0.2) is 0 Å². The first-order valence-electron chi connectivity index (χ1n) is 6.39. The molecule has 1 aliphatic heterocycles. The van der Waals surface area contributed by atoms with Gasteiger partial charge in [0.05, 0.1) is 6.54 Å². The molecule has 1 rings (SSSR count). The molecule has 0 aromatic carbocycles. The molecule has 1 aliphatic rings. The highest BCUT2D eigenvalue weighted by atomic mass is 79.9. The first-order valence-corrected chi connectivity index (χ1v) is 7.51. The SMILES string of the molecule is CC(C)C(CBr)CN1CCN(CC(F)(F)F)CC1. The van der Waals surface area contributed by atoms with Crippen molar-refractivity contribution in [3.63, 3.8) is 0 Å². The molecule has 1 atom stereocenters. The molecular formula is C12H22BrF3N2. The minimum atomic E-state index is -4.07. The van der Waals surface area contributed by atoms with Crippen molar-refractivity contribution in [2.24, 2.45) is 11.8 Å². The van der Waals surface area contributed by atoms with Crippen LogP contribution in [0.1, 0.15) is 13.8 Å². The second kappa shape index (κ2) is 7.10. The van der Waals surface area contributed by atoms with Gasteiger partial charge in [0, 0.05) is 38.1 Å². The standard InChI is InChI=1S/C12H22BrF3N2/c1-10(2)11(7-13)8-17-3-5-18(6-4-17)9-12(14,15)16/h10-11H,3-9H2,1-2H3. The molecule has 0 N–H and O–H groups in total. The van der Waals surface area contributed by atoms with Gasteiger partial charge in [-0.1, -0.05) is 29.8 Å². The maximum atomic E-state index is 12.2. The number of hydrogen-bond donors (Lipinski definition) is 0. The van der Waals surface area contributed by atoms with Gasteiger partial charge < -0.3 is 4.90 Å². The van der Waals surface area contributed by atoms with Gasteiger partial charge in [0.15, 0.2) is 0 Å². The van der Waals surface area contributed by atoms with Crippen LogP contribution in [-0.2, 0) is 0 Å². The second-order valence-corrected chi connectivity index (χ2v) is 6.00. The van der Waals surface area contributed by atoms with E-state index in [1.165, 1.54) is 4.90 Å². The summed E-state index contributed by atoms with van der Waals surface area (Å²) in [5.41, 5.74) is 0. The Balaban J connectivity index is 2.31. The molecule has 108 valence electrons. The number of piperazine rings is 1. The Bertz CT molecular complexity index is 238. The number of halogens is 4. The molecule has 2 nitrogen and oxygen atoms in total. The monoisotopic (exact) mass is 330 g/mol. The quantitative estimate of drug-likeness (QED) is 0.715. The molecule has 1 saturated heterocycles. The molecule has 1 heterocycles. The number of hydrogen-bond acceptors (Lipinski definition) is 2. The highest BCUT2D eigenvalue weighted by Gasteiger charge is 2.32. The summed E-state index contributed by atoms with van der Waals surface area (Å²) < 4.78 is 36.7. The van der Waals surface area contributed by atoms with E-state index in [9.17, 15) is 13.2 Å². The third kappa shape index (κ3) is 5.89. The maximum Gasteiger partial charge on any atom is 0.401 e. The van der Waals surface area contributed by atoms with Gasteiger partial charge in [0.2, 0.25) is 0 Å². The highest BCUT2D eigenvalue weighted by Crippen LogP contribution is 2.19. The predicted molar refractivity (Wildman–Crippen MR) is 71.1 cm³/mol. The van der Waals surface area contributed by atoms with Crippen molar-refractivity contribution in [1.82, 2.24) is 9.80 Å². The van der Waals surface area contributed by atoms with Crippen LogP contribution in [0.5, 0.6) is 0 Å². The van der Waals surface area contributed by atoms with E-state index in [0.717, 1.165) is 25.0 Å². The van der Waals surface area contributed by atoms with Crippen LogP contribution in [0.3, 0.4) is 0 Å². The van der Waals surface area contributed by atoms with Gasteiger partial charge in [0.25, 0.3) is 0 Å². The van der Waals surface area contributed by atoms with Crippen LogP contribution in [0.25, 0.3) is 0 Å². The lowest BCUT2D eigenvalue weighted by atomic mass is 9.97. The third-order valence-corrected chi connectivity index (χ3v) is 4.33. The van der Waals surface area contributed by atoms with Crippen molar-refractivity contribution in [1.29, 1.82) is 0 Å². The topological polar surface area (TPSA) is 6.48 Å². The number of rotatable bonds is 5. The van der Waals surface area contributed by atoms with Crippen LogP contribution in [0, 0.1) is 11.8 Å². The normalized spacial score (nSPS) is 21.5. The van der Waals surface area contributed by atoms with E-state index >= 15 is 0 Å². The van der Waals surface area contributed by atoms with Gasteiger partial charge in [-0.3, -0.25) is 4.90 Å². The molecule has 1 unspecified atom stereocenters. The first kappa shape index (κ1) is 16.2. The molecule has 0 bridgehead atoms. The minimum Gasteiger partial charge on any atom is -0.300 e. The zero-order valence-corrected chi connectivity index (χ0v) is 12.6. The van der Waals surface area contributed by atoms with Gasteiger partial charge in [-0.05, 0) is 11.8 Å². The molecule has 18 heavy (non-hydrogen) atoms. The summed E-state index contributed by atoms with van der Waals surface area (Å²) in [5.74, 6) is 1.16. The largest absolute Gasteiger partial charge is 0.401 e. The minimum absolute atomic E-state index is 0.520. The molecule has 0 aliphatic carbocycles. The molecule has 1 fully saturated rings. The summed E-state index contributed by atoms with van der Waals surface area (Å²) >= 11 is 3.51. The fourth-order valence-electron chi connectivity index (χ4n) is 2.15. The van der Waals surface area contributed by atoms with Crippen LogP contribution >= 0.6 is 15.9 Å². The molecular weight excluding hydrogens is 309 g/mol. The van der Waals surface area contributed by atoms with E-state index in [1.54, 1.807) is 0 Å². The molecule has 0 spiro atoms. The average molecular weight is 331 g/mol. The zero-order valence-electron chi connectivity index (χ0n) is 11.0. The van der Waals surface area contributed by atoms with Crippen molar-refractivity contribution in [2.75, 3.05) is 44.6 Å². The lowest BCUT2D eigenvalue weighted by Crippen LogP contribution is -2.50. The fourth-order valence-corrected chi connectivity index (χ4v) is 3.11. The van der Waals surface area contributed by atoms with Gasteiger partial charge in [-0.15, -0.1) is 0 Å². The number of alkyl halides is 4. The van der Waals surface area contributed by atoms with Crippen molar-refractivity contribution in [3.05, 3.63) is 0 Å². The van der Waals surface area contributed by atoms with Crippen molar-refractivity contribution < 1.29 is 13.2 Å². The smallest absolute Gasteiger partial charge is 0.300 e. The second-order valence-electron chi connectivity index (χ2n) is 5.35. The zero-order chi connectivity index (χ0) is 13.8. The molecule has 0 aromatic heterocycles. The Morgan fingerprint density at radius 1 is 1.06 bits per heavy atom. The number of nitrogens with zero attached hydrogens (tertiary/aromatic N) is 2. The Morgan fingerprint density at radius 2 is 1.56 bits per heavy atom. The van der Waals surface area contributed by atoms with Gasteiger partial charge in [0.1, 0.15) is 0 Å². The summed E-state index contributed by atoms with van der Waals surface area (Å²) in [6, 6.07) is 0. The Hall–Kier alpha value is 0.190. The molecule has 0 saturated carbocycles. The Morgan fingerprint density at radius 3 is 1.94 bits per heavy atom. The van der Waals surface area contributed by atoms with E-state index in [4.69, 9.17) is 0 Å². The molecule has 0 aromatic rings. The summed E-state index contributed by atoms with van der Waals surface area (Å²) in [5, 5.41) is 0.952. The van der Waals surface area contributed by atoms with Crippen LogP contribution in [-0.4, -0.2) is 60.6 Å². The molecule has 0 amide bonds. The molecule has 6 heteroatoms. The van der Waals surface area contributed by atoms with Crippen LogP contribution < -0.4 is 0 Å². The lowest BCUT2D eigenvalue weighted by Gasteiger charge is -2.37. The predicted octanol–water partition coefficient (Wildman–Crippen LogP) is 2.83. The van der Waals surface area contributed by atoms with E-state index in [2.05, 4.69) is 34.7 Å². The van der Waals surface area contributed by atoms with Gasteiger partial charge >= 0.3 is 6.18 Å². The van der Waals surface area contributed by atoms with E-state index in [1.807, 2.05) is 0 Å². The summed E-state index contributed by atoms with van der Waals surface area (Å²) in [6.45, 7) is 7.10. The van der Waals surface area contributed by atoms with E-state index in [0.29, 0.717) is 24.9 Å². The van der Waals surface area contributed by atoms with Crippen LogP contribution in [0.4, 0.5) is 13.2 Å². The highest BCUT2D eigenvalue weighted by molar-refractivity contribution is 9.09. The summed E-state index contributed by atoms with van der Waals surface area (Å²) in [7, 11) is 0. The molecule has 0 radical (unpaired) electrons. The lowest BCUT2D eigenvalue weighted by molar-refractivity contribution is -0.149. The van der Waals surface area contributed by atoms with Crippen LogP contribution in [0.2, 0.25) is 0 Å². The maximum absolute atomic E-state index is 12.2. The summed E-state index contributed by atoms with van der Waals surface area (Å²) in [6.07, 6.45) is -4.07. The Kier molecular flexibility index (Phi) is 6.41. The van der Waals surface area contributed by atoms with Crippen molar-refractivity contribution in [3.8, 4) is 0 Å². The van der Waals surface area contributed by atoms with Gasteiger partial charge in [-0.2, -0.15) is 13.2 Å². The fraction of sp³-hybridized carbons (Fsp3) is 1.00. The average Bonchev–Trinajstić information content (AvgIpc) is 2.25. The van der Waals surface area contributed by atoms with Crippen molar-refractivity contribution >= 4 is 15.9 Å².